The number of furan rings is 1. The van der Waals surface area contributed by atoms with E-state index in [0.717, 1.165) is 5.76 Å². The van der Waals surface area contributed by atoms with Gasteiger partial charge in [-0.25, -0.2) is 4.79 Å². The van der Waals surface area contributed by atoms with Gasteiger partial charge in [0.25, 0.3) is 0 Å². The van der Waals surface area contributed by atoms with Gasteiger partial charge in [0.2, 0.25) is 0 Å². The molecule has 0 radical (unpaired) electrons. The fourth-order valence-corrected chi connectivity index (χ4v) is 2.16. The van der Waals surface area contributed by atoms with Crippen LogP contribution in [0.3, 0.4) is 0 Å². The predicted octanol–water partition coefficient (Wildman–Crippen LogP) is 0.609. The molecule has 1 fully saturated rings. The minimum absolute atomic E-state index is 0.119. The molecular formula is C13H18N2O5. The van der Waals surface area contributed by atoms with Crippen molar-refractivity contribution >= 4 is 12.0 Å². The Bertz CT molecular complexity index is 459. The second-order valence-electron chi connectivity index (χ2n) is 4.89. The molecule has 1 saturated heterocycles. The van der Waals surface area contributed by atoms with Crippen molar-refractivity contribution in [2.45, 2.75) is 25.4 Å². The van der Waals surface area contributed by atoms with Crippen LogP contribution in [0.2, 0.25) is 0 Å². The Balaban J connectivity index is 1.78. The van der Waals surface area contributed by atoms with E-state index >= 15 is 0 Å². The monoisotopic (exact) mass is 282 g/mol. The SMILES string of the molecule is CC(Cc1ccco1)NC(=O)NC1COCC1C(=O)O. The second-order valence-corrected chi connectivity index (χ2v) is 4.89. The number of carbonyl (C=O) groups excluding carboxylic acids is 1. The summed E-state index contributed by atoms with van der Waals surface area (Å²) in [7, 11) is 0. The van der Waals surface area contributed by atoms with Gasteiger partial charge in [-0.3, -0.25) is 4.79 Å². The summed E-state index contributed by atoms with van der Waals surface area (Å²) >= 11 is 0. The maximum atomic E-state index is 11.8. The first-order chi connectivity index (χ1) is 9.56. The molecule has 2 heterocycles. The summed E-state index contributed by atoms with van der Waals surface area (Å²) < 4.78 is 10.3. The molecule has 0 spiro atoms. The predicted molar refractivity (Wildman–Crippen MR) is 69.3 cm³/mol. The van der Waals surface area contributed by atoms with Crippen LogP contribution < -0.4 is 10.6 Å². The molecule has 2 rings (SSSR count). The van der Waals surface area contributed by atoms with E-state index in [0.29, 0.717) is 6.42 Å². The molecule has 3 unspecified atom stereocenters. The molecule has 3 N–H and O–H groups in total. The number of carboxylic acid groups (broad SMARTS) is 1. The molecule has 3 atom stereocenters. The molecule has 1 aliphatic heterocycles. The molecule has 7 nitrogen and oxygen atoms in total. The Labute approximate surface area is 116 Å². The van der Waals surface area contributed by atoms with Crippen molar-refractivity contribution in [1.29, 1.82) is 0 Å². The highest BCUT2D eigenvalue weighted by atomic mass is 16.5. The number of hydrogen-bond acceptors (Lipinski definition) is 4. The van der Waals surface area contributed by atoms with Gasteiger partial charge in [0.05, 0.1) is 25.5 Å². The minimum Gasteiger partial charge on any atom is -0.481 e. The number of ether oxygens (including phenoxy) is 1. The van der Waals surface area contributed by atoms with Crippen LogP contribution in [0.15, 0.2) is 22.8 Å². The van der Waals surface area contributed by atoms with E-state index in [1.54, 1.807) is 12.3 Å². The third-order valence-corrected chi connectivity index (χ3v) is 3.18. The summed E-state index contributed by atoms with van der Waals surface area (Å²) in [5.41, 5.74) is 0. The van der Waals surface area contributed by atoms with Gasteiger partial charge in [-0.1, -0.05) is 0 Å². The Kier molecular flexibility index (Phi) is 4.62. The zero-order valence-electron chi connectivity index (χ0n) is 11.2. The summed E-state index contributed by atoms with van der Waals surface area (Å²) in [5, 5.41) is 14.4. The molecule has 0 saturated carbocycles. The summed E-state index contributed by atoms with van der Waals surface area (Å²) in [6.45, 7) is 2.20. The van der Waals surface area contributed by atoms with E-state index in [9.17, 15) is 9.59 Å². The second kappa shape index (κ2) is 6.42. The van der Waals surface area contributed by atoms with Crippen molar-refractivity contribution in [3.8, 4) is 0 Å². The quantitative estimate of drug-likeness (QED) is 0.734. The molecule has 1 aromatic rings. The first-order valence-electron chi connectivity index (χ1n) is 6.46. The lowest BCUT2D eigenvalue weighted by atomic mass is 10.0. The molecule has 0 aliphatic carbocycles. The number of amides is 2. The molecule has 1 aliphatic rings. The van der Waals surface area contributed by atoms with Crippen molar-refractivity contribution in [2.75, 3.05) is 13.2 Å². The van der Waals surface area contributed by atoms with Gasteiger partial charge in [0, 0.05) is 12.5 Å². The lowest BCUT2D eigenvalue weighted by Crippen LogP contribution is -2.49. The largest absolute Gasteiger partial charge is 0.481 e. The number of carbonyl (C=O) groups is 2. The van der Waals surface area contributed by atoms with Crippen molar-refractivity contribution in [3.05, 3.63) is 24.2 Å². The smallest absolute Gasteiger partial charge is 0.315 e. The Morgan fingerprint density at radius 1 is 1.50 bits per heavy atom. The number of carboxylic acids is 1. The first-order valence-corrected chi connectivity index (χ1v) is 6.46. The summed E-state index contributed by atoms with van der Waals surface area (Å²) in [4.78, 5) is 22.8. The number of nitrogens with one attached hydrogen (secondary N) is 2. The topological polar surface area (TPSA) is 101 Å². The molecule has 110 valence electrons. The molecule has 7 heteroatoms. The maximum Gasteiger partial charge on any atom is 0.315 e. The van der Waals surface area contributed by atoms with E-state index < -0.39 is 24.0 Å². The Morgan fingerprint density at radius 3 is 2.95 bits per heavy atom. The van der Waals surface area contributed by atoms with Crippen LogP contribution in [0, 0.1) is 5.92 Å². The zero-order chi connectivity index (χ0) is 14.5. The minimum atomic E-state index is -0.962. The van der Waals surface area contributed by atoms with Crippen LogP contribution in [-0.4, -0.2) is 42.4 Å². The number of urea groups is 1. The van der Waals surface area contributed by atoms with E-state index in [1.165, 1.54) is 0 Å². The lowest BCUT2D eigenvalue weighted by Gasteiger charge is -2.18. The third-order valence-electron chi connectivity index (χ3n) is 3.18. The molecule has 20 heavy (non-hydrogen) atoms. The van der Waals surface area contributed by atoms with Crippen LogP contribution in [0.1, 0.15) is 12.7 Å². The zero-order valence-corrected chi connectivity index (χ0v) is 11.2. The van der Waals surface area contributed by atoms with Gasteiger partial charge in [0.1, 0.15) is 11.7 Å². The van der Waals surface area contributed by atoms with Gasteiger partial charge in [0.15, 0.2) is 0 Å². The van der Waals surface area contributed by atoms with Gasteiger partial charge in [-0.05, 0) is 19.1 Å². The Morgan fingerprint density at radius 2 is 2.30 bits per heavy atom. The number of hydrogen-bond donors (Lipinski definition) is 3. The van der Waals surface area contributed by atoms with Crippen molar-refractivity contribution in [2.24, 2.45) is 5.92 Å². The van der Waals surface area contributed by atoms with E-state index in [4.69, 9.17) is 14.3 Å². The first kappa shape index (κ1) is 14.4. The number of rotatable bonds is 5. The van der Waals surface area contributed by atoms with Crippen LogP contribution in [0.4, 0.5) is 4.79 Å². The maximum absolute atomic E-state index is 11.8. The Hall–Kier alpha value is -2.02. The van der Waals surface area contributed by atoms with Gasteiger partial charge in [-0.2, -0.15) is 0 Å². The average molecular weight is 282 g/mol. The summed E-state index contributed by atoms with van der Waals surface area (Å²) in [6.07, 6.45) is 2.15. The molecular weight excluding hydrogens is 264 g/mol. The van der Waals surface area contributed by atoms with Gasteiger partial charge >= 0.3 is 12.0 Å². The van der Waals surface area contributed by atoms with Crippen LogP contribution >= 0.6 is 0 Å². The summed E-state index contributed by atoms with van der Waals surface area (Å²) in [5.74, 6) is -0.872. The third kappa shape index (κ3) is 3.74. The van der Waals surface area contributed by atoms with Crippen LogP contribution in [0.25, 0.3) is 0 Å². The van der Waals surface area contributed by atoms with Crippen molar-refractivity contribution < 1.29 is 23.8 Å². The molecule has 2 amide bonds. The van der Waals surface area contributed by atoms with Gasteiger partial charge in [-0.15, -0.1) is 0 Å². The van der Waals surface area contributed by atoms with E-state index in [2.05, 4.69) is 10.6 Å². The van der Waals surface area contributed by atoms with E-state index in [-0.39, 0.29) is 19.3 Å². The molecule has 0 aromatic carbocycles. The average Bonchev–Trinajstić information content (AvgIpc) is 2.99. The molecule has 1 aromatic heterocycles. The lowest BCUT2D eigenvalue weighted by molar-refractivity contribution is -0.142. The van der Waals surface area contributed by atoms with Crippen LogP contribution in [0.5, 0.6) is 0 Å². The van der Waals surface area contributed by atoms with Gasteiger partial charge < -0.3 is 24.9 Å². The highest BCUT2D eigenvalue weighted by Crippen LogP contribution is 2.13. The highest BCUT2D eigenvalue weighted by molar-refractivity contribution is 5.77. The fraction of sp³-hybridized carbons (Fsp3) is 0.538. The molecule has 0 bridgehead atoms. The standard InChI is InChI=1S/C13H18N2O5/c1-8(5-9-3-2-4-20-9)14-13(18)15-11-7-19-6-10(11)12(16)17/h2-4,8,10-11H,5-7H2,1H3,(H,16,17)(H2,14,15,18). The fourth-order valence-electron chi connectivity index (χ4n) is 2.16. The van der Waals surface area contributed by atoms with Crippen LogP contribution in [-0.2, 0) is 16.0 Å². The normalized spacial score (nSPS) is 23.2. The summed E-state index contributed by atoms with van der Waals surface area (Å²) in [6, 6.07) is 2.61. The van der Waals surface area contributed by atoms with Crippen molar-refractivity contribution in [1.82, 2.24) is 10.6 Å². The number of aliphatic carboxylic acids is 1. The van der Waals surface area contributed by atoms with E-state index in [1.807, 2.05) is 13.0 Å². The highest BCUT2D eigenvalue weighted by Gasteiger charge is 2.35. The van der Waals surface area contributed by atoms with Crippen molar-refractivity contribution in [3.63, 3.8) is 0 Å².